The fourth-order valence-corrected chi connectivity index (χ4v) is 1.91. The third-order valence-corrected chi connectivity index (χ3v) is 3.17. The van der Waals surface area contributed by atoms with Gasteiger partial charge in [-0.2, -0.15) is 8.78 Å². The summed E-state index contributed by atoms with van der Waals surface area (Å²) in [5.74, 6) is -5.06. The first kappa shape index (κ1) is 13.8. The van der Waals surface area contributed by atoms with Crippen LogP contribution in [0.3, 0.4) is 0 Å². The van der Waals surface area contributed by atoms with E-state index in [1.807, 2.05) is 0 Å². The van der Waals surface area contributed by atoms with Crippen LogP contribution >= 0.6 is 15.9 Å². The molecule has 0 aliphatic heterocycles. The molecule has 0 aromatic heterocycles. The number of alkyl halides is 2. The molecule has 1 aromatic rings. The van der Waals surface area contributed by atoms with Crippen molar-refractivity contribution in [1.82, 2.24) is 0 Å². The summed E-state index contributed by atoms with van der Waals surface area (Å²) in [4.78, 5) is 10.8. The molecule has 1 rings (SSSR count). The van der Waals surface area contributed by atoms with Gasteiger partial charge in [0.05, 0.1) is 11.3 Å². The molecule has 0 amide bonds. The van der Waals surface area contributed by atoms with E-state index in [0.29, 0.717) is 4.47 Å². The van der Waals surface area contributed by atoms with E-state index in [4.69, 9.17) is 5.11 Å². The smallest absolute Gasteiger partial charge is 0.355 e. The zero-order chi connectivity index (χ0) is 13.2. The number of sulfonamides is 1. The van der Waals surface area contributed by atoms with Crippen molar-refractivity contribution in [3.05, 3.63) is 28.2 Å². The average molecular weight is 330 g/mol. The predicted octanol–water partition coefficient (Wildman–Crippen LogP) is 2.11. The highest BCUT2D eigenvalue weighted by Crippen LogP contribution is 2.23. The molecule has 0 bridgehead atoms. The summed E-state index contributed by atoms with van der Waals surface area (Å²) in [6.07, 6.45) is 0. The quantitative estimate of drug-likeness (QED) is 0.886. The van der Waals surface area contributed by atoms with Crippen LogP contribution in [0.5, 0.6) is 0 Å². The molecule has 0 heterocycles. The third-order valence-electron chi connectivity index (χ3n) is 1.70. The van der Waals surface area contributed by atoms with Crippen molar-refractivity contribution < 1.29 is 27.1 Å². The van der Waals surface area contributed by atoms with Gasteiger partial charge in [-0.3, -0.25) is 4.72 Å². The topological polar surface area (TPSA) is 83.5 Å². The van der Waals surface area contributed by atoms with Crippen LogP contribution in [0.1, 0.15) is 10.4 Å². The molecular formula is C8H6BrF2NO4S. The Morgan fingerprint density at radius 2 is 2.00 bits per heavy atom. The number of carboxylic acid groups (broad SMARTS) is 1. The van der Waals surface area contributed by atoms with Crippen LogP contribution in [-0.2, 0) is 10.0 Å². The molecule has 0 aliphatic rings. The van der Waals surface area contributed by atoms with Gasteiger partial charge in [0.25, 0.3) is 10.0 Å². The molecule has 5 nitrogen and oxygen atoms in total. The number of carbonyl (C=O) groups is 1. The Labute approximate surface area is 104 Å². The van der Waals surface area contributed by atoms with Crippen LogP contribution in [0, 0.1) is 0 Å². The van der Waals surface area contributed by atoms with E-state index in [9.17, 15) is 22.0 Å². The molecule has 0 saturated carbocycles. The Kier molecular flexibility index (Phi) is 4.04. The van der Waals surface area contributed by atoms with Crippen molar-refractivity contribution >= 4 is 37.6 Å². The fraction of sp³-hybridized carbons (Fsp3) is 0.125. The van der Waals surface area contributed by atoms with Crippen molar-refractivity contribution in [2.45, 2.75) is 5.76 Å². The second-order valence-corrected chi connectivity index (χ2v) is 5.47. The number of benzene rings is 1. The van der Waals surface area contributed by atoms with Gasteiger partial charge in [0.2, 0.25) is 0 Å². The van der Waals surface area contributed by atoms with Gasteiger partial charge in [0, 0.05) is 4.47 Å². The van der Waals surface area contributed by atoms with E-state index in [0.717, 1.165) is 12.1 Å². The highest BCUT2D eigenvalue weighted by Gasteiger charge is 2.25. The van der Waals surface area contributed by atoms with Crippen molar-refractivity contribution in [2.75, 3.05) is 4.72 Å². The molecule has 9 heteroatoms. The number of rotatable bonds is 4. The van der Waals surface area contributed by atoms with Gasteiger partial charge in [-0.25, -0.2) is 13.2 Å². The molecule has 0 unspecified atom stereocenters. The summed E-state index contributed by atoms with van der Waals surface area (Å²) >= 11 is 2.97. The first-order valence-electron chi connectivity index (χ1n) is 4.06. The van der Waals surface area contributed by atoms with Crippen molar-refractivity contribution in [2.24, 2.45) is 0 Å². The lowest BCUT2D eigenvalue weighted by Crippen LogP contribution is -2.22. The Bertz CT molecular complexity index is 546. The molecule has 94 valence electrons. The highest BCUT2D eigenvalue weighted by atomic mass is 79.9. The van der Waals surface area contributed by atoms with Crippen molar-refractivity contribution in [3.63, 3.8) is 0 Å². The zero-order valence-electron chi connectivity index (χ0n) is 8.02. The van der Waals surface area contributed by atoms with E-state index in [2.05, 4.69) is 15.9 Å². The van der Waals surface area contributed by atoms with E-state index in [1.165, 1.54) is 10.8 Å². The Hall–Kier alpha value is -1.22. The van der Waals surface area contributed by atoms with Crippen molar-refractivity contribution in [1.29, 1.82) is 0 Å². The average Bonchev–Trinajstić information content (AvgIpc) is 2.15. The Balaban J connectivity index is 3.22. The van der Waals surface area contributed by atoms with Gasteiger partial charge in [-0.15, -0.1) is 0 Å². The molecule has 1 aromatic carbocycles. The van der Waals surface area contributed by atoms with Crippen LogP contribution in [0.2, 0.25) is 0 Å². The van der Waals surface area contributed by atoms with Gasteiger partial charge >= 0.3 is 11.7 Å². The van der Waals surface area contributed by atoms with Gasteiger partial charge in [-0.05, 0) is 18.2 Å². The number of hydrogen-bond acceptors (Lipinski definition) is 3. The number of halogens is 3. The maximum atomic E-state index is 12.1. The van der Waals surface area contributed by atoms with Gasteiger partial charge in [-0.1, -0.05) is 15.9 Å². The molecular weight excluding hydrogens is 324 g/mol. The third kappa shape index (κ3) is 3.37. The largest absolute Gasteiger partial charge is 0.478 e. The molecule has 0 atom stereocenters. The van der Waals surface area contributed by atoms with Crippen LogP contribution < -0.4 is 4.72 Å². The van der Waals surface area contributed by atoms with E-state index in [-0.39, 0.29) is 0 Å². The summed E-state index contributed by atoms with van der Waals surface area (Å²) < 4.78 is 48.0. The first-order chi connectivity index (χ1) is 7.74. The Morgan fingerprint density at radius 1 is 1.41 bits per heavy atom. The van der Waals surface area contributed by atoms with Gasteiger partial charge < -0.3 is 5.11 Å². The lowest BCUT2D eigenvalue weighted by atomic mass is 10.2. The maximum Gasteiger partial charge on any atom is 0.355 e. The molecule has 0 spiro atoms. The van der Waals surface area contributed by atoms with Crippen LogP contribution in [0.4, 0.5) is 14.5 Å². The van der Waals surface area contributed by atoms with Crippen LogP contribution in [0.15, 0.2) is 22.7 Å². The SMILES string of the molecule is O=C(O)c1ccc(Br)cc1NS(=O)(=O)C(F)F. The maximum absolute atomic E-state index is 12.1. The summed E-state index contributed by atoms with van der Waals surface area (Å²) in [5, 5.41) is 8.75. The van der Waals surface area contributed by atoms with Crippen molar-refractivity contribution in [3.8, 4) is 0 Å². The fourth-order valence-electron chi connectivity index (χ4n) is 0.985. The number of hydrogen-bond donors (Lipinski definition) is 2. The molecule has 0 saturated heterocycles. The minimum atomic E-state index is -4.89. The zero-order valence-corrected chi connectivity index (χ0v) is 10.4. The molecule has 0 aliphatic carbocycles. The lowest BCUT2D eigenvalue weighted by Gasteiger charge is -2.10. The molecule has 2 N–H and O–H groups in total. The normalized spacial score (nSPS) is 11.5. The second kappa shape index (κ2) is 4.96. The van der Waals surface area contributed by atoms with Crippen LogP contribution in [-0.4, -0.2) is 25.3 Å². The standard InChI is InChI=1S/C8H6BrF2NO4S/c9-4-1-2-5(7(13)14)6(3-4)12-17(15,16)8(10)11/h1-3,8,12H,(H,13,14). The summed E-state index contributed by atoms with van der Waals surface area (Å²) in [6, 6.07) is 3.53. The summed E-state index contributed by atoms with van der Waals surface area (Å²) in [6.45, 7) is 0. The van der Waals surface area contributed by atoms with Gasteiger partial charge in [0.1, 0.15) is 0 Å². The number of carboxylic acids is 1. The molecule has 17 heavy (non-hydrogen) atoms. The summed E-state index contributed by atoms with van der Waals surface area (Å²) in [7, 11) is -4.89. The monoisotopic (exact) mass is 329 g/mol. The molecule has 0 radical (unpaired) electrons. The summed E-state index contributed by atoms with van der Waals surface area (Å²) in [5.41, 5.74) is -0.843. The number of aromatic carboxylic acids is 1. The highest BCUT2D eigenvalue weighted by molar-refractivity contribution is 9.10. The Morgan fingerprint density at radius 3 is 2.47 bits per heavy atom. The minimum absolute atomic E-state index is 0.356. The first-order valence-corrected chi connectivity index (χ1v) is 6.40. The van der Waals surface area contributed by atoms with E-state index < -0.39 is 33.0 Å². The second-order valence-electron chi connectivity index (χ2n) is 2.90. The van der Waals surface area contributed by atoms with Gasteiger partial charge in [0.15, 0.2) is 0 Å². The minimum Gasteiger partial charge on any atom is -0.478 e. The number of anilines is 1. The van der Waals surface area contributed by atoms with Crippen LogP contribution in [0.25, 0.3) is 0 Å². The predicted molar refractivity (Wildman–Crippen MR) is 59.6 cm³/mol. The van der Waals surface area contributed by atoms with E-state index in [1.54, 1.807) is 0 Å². The number of nitrogens with one attached hydrogen (secondary N) is 1. The van der Waals surface area contributed by atoms with E-state index >= 15 is 0 Å². The molecule has 0 fully saturated rings. The lowest BCUT2D eigenvalue weighted by molar-refractivity contribution is 0.0698.